The maximum absolute atomic E-state index is 12.9. The number of aromatic amines is 1. The molecule has 0 amide bonds. The van der Waals surface area contributed by atoms with Crippen LogP contribution in [-0.2, 0) is 0 Å². The zero-order chi connectivity index (χ0) is 20.1. The van der Waals surface area contributed by atoms with Crippen molar-refractivity contribution in [3.05, 3.63) is 52.2 Å². The zero-order valence-corrected chi connectivity index (χ0v) is 16.7. The molecule has 8 nitrogen and oxygen atoms in total. The molecule has 0 aliphatic carbocycles. The van der Waals surface area contributed by atoms with Crippen LogP contribution in [0.1, 0.15) is 17.7 Å². The van der Waals surface area contributed by atoms with Crippen molar-refractivity contribution in [1.82, 2.24) is 29.7 Å². The van der Waals surface area contributed by atoms with Crippen molar-refractivity contribution in [2.45, 2.75) is 26.3 Å². The highest BCUT2D eigenvalue weighted by Crippen LogP contribution is 2.22. The topological polar surface area (TPSA) is 91.2 Å². The first-order valence-corrected chi connectivity index (χ1v) is 9.81. The molecule has 0 spiro atoms. The Labute approximate surface area is 167 Å². The summed E-state index contributed by atoms with van der Waals surface area (Å²) in [5.74, 6) is 1.36. The fourth-order valence-corrected chi connectivity index (χ4v) is 4.03. The third-order valence-electron chi connectivity index (χ3n) is 5.70. The van der Waals surface area contributed by atoms with Gasteiger partial charge in [-0.15, -0.1) is 0 Å². The van der Waals surface area contributed by atoms with Crippen molar-refractivity contribution in [3.8, 4) is 11.4 Å². The second-order valence-corrected chi connectivity index (χ2v) is 7.68. The van der Waals surface area contributed by atoms with Crippen molar-refractivity contribution in [3.63, 3.8) is 0 Å². The average molecular weight is 389 g/mol. The van der Waals surface area contributed by atoms with E-state index in [-0.39, 0.29) is 5.43 Å². The molecule has 1 aliphatic rings. The maximum Gasteiger partial charge on any atom is 0.197 e. The Morgan fingerprint density at radius 3 is 2.83 bits per heavy atom. The Bertz CT molecular complexity index is 1290. The second-order valence-electron chi connectivity index (χ2n) is 7.68. The number of aromatic nitrogens is 5. The predicted molar refractivity (Wildman–Crippen MR) is 113 cm³/mol. The van der Waals surface area contributed by atoms with Crippen LogP contribution >= 0.6 is 0 Å². The molecule has 0 saturated carbocycles. The summed E-state index contributed by atoms with van der Waals surface area (Å²) in [6, 6.07) is 4.45. The predicted octanol–water partition coefficient (Wildman–Crippen LogP) is 2.05. The molecule has 0 radical (unpaired) electrons. The summed E-state index contributed by atoms with van der Waals surface area (Å²) in [6.45, 7) is 5.71. The van der Waals surface area contributed by atoms with E-state index in [1.807, 2.05) is 43.6 Å². The third-order valence-corrected chi connectivity index (χ3v) is 5.70. The summed E-state index contributed by atoms with van der Waals surface area (Å²) in [4.78, 5) is 32.2. The fourth-order valence-electron chi connectivity index (χ4n) is 4.03. The molecular formula is C21H23N7O. The monoisotopic (exact) mass is 389 g/mol. The molecule has 4 aromatic heterocycles. The summed E-state index contributed by atoms with van der Waals surface area (Å²) < 4.78 is 1.92. The number of hydrogen-bond donors (Lipinski definition) is 2. The number of rotatable bonds is 3. The second kappa shape index (κ2) is 6.66. The highest BCUT2D eigenvalue weighted by molar-refractivity contribution is 5.78. The van der Waals surface area contributed by atoms with Gasteiger partial charge in [0.1, 0.15) is 17.0 Å². The number of nitrogens with one attached hydrogen (secondary N) is 2. The molecule has 29 heavy (non-hydrogen) atoms. The normalized spacial score (nSPS) is 16.9. The van der Waals surface area contributed by atoms with Gasteiger partial charge in [0.2, 0.25) is 0 Å². The Morgan fingerprint density at radius 1 is 1.17 bits per heavy atom. The molecule has 5 heterocycles. The number of fused-ring (bicyclic) bond motifs is 2. The molecule has 0 unspecified atom stereocenters. The number of pyridine rings is 2. The van der Waals surface area contributed by atoms with Crippen molar-refractivity contribution >= 4 is 22.5 Å². The smallest absolute Gasteiger partial charge is 0.197 e. The quantitative estimate of drug-likeness (QED) is 0.557. The first kappa shape index (κ1) is 17.8. The standard InChI is InChI=1S/C21H23N7O/c1-12-9-28-11-15(19(29)13(2)21(28)24-12)20-23-8-17-16(26-20)4-5-18(25-17)27-7-6-14(10-27)22-3/h4-5,8-9,11,14,22,24H,6-7,10H2,1-3H3/t14-/m1/s1. The largest absolute Gasteiger partial charge is 0.355 e. The van der Waals surface area contributed by atoms with E-state index >= 15 is 0 Å². The van der Waals surface area contributed by atoms with Gasteiger partial charge in [0, 0.05) is 42.8 Å². The molecule has 8 heteroatoms. The minimum Gasteiger partial charge on any atom is -0.355 e. The van der Waals surface area contributed by atoms with Gasteiger partial charge in [-0.3, -0.25) is 4.79 Å². The Morgan fingerprint density at radius 2 is 2.03 bits per heavy atom. The van der Waals surface area contributed by atoms with Crippen LogP contribution < -0.4 is 15.6 Å². The summed E-state index contributed by atoms with van der Waals surface area (Å²) in [5, 5.41) is 3.32. The van der Waals surface area contributed by atoms with E-state index in [1.165, 1.54) is 0 Å². The molecule has 1 aliphatic heterocycles. The number of aryl methyl sites for hydroxylation is 2. The number of anilines is 1. The lowest BCUT2D eigenvalue weighted by Crippen LogP contribution is -2.29. The van der Waals surface area contributed by atoms with E-state index in [0.29, 0.717) is 23.0 Å². The van der Waals surface area contributed by atoms with Gasteiger partial charge < -0.3 is 19.6 Å². The number of H-pyrrole nitrogens is 1. The van der Waals surface area contributed by atoms with E-state index in [0.717, 1.165) is 47.7 Å². The molecule has 1 saturated heterocycles. The Balaban J connectivity index is 1.55. The van der Waals surface area contributed by atoms with Crippen molar-refractivity contribution in [2.24, 2.45) is 0 Å². The van der Waals surface area contributed by atoms with Gasteiger partial charge in [-0.1, -0.05) is 0 Å². The van der Waals surface area contributed by atoms with Gasteiger partial charge in [0.25, 0.3) is 0 Å². The molecule has 1 atom stereocenters. The van der Waals surface area contributed by atoms with Crippen LogP contribution in [0, 0.1) is 13.8 Å². The highest BCUT2D eigenvalue weighted by Gasteiger charge is 2.22. The third kappa shape index (κ3) is 2.96. The first-order valence-electron chi connectivity index (χ1n) is 9.81. The van der Waals surface area contributed by atoms with E-state index < -0.39 is 0 Å². The van der Waals surface area contributed by atoms with Crippen LogP contribution in [0.2, 0.25) is 0 Å². The fraction of sp³-hybridized carbons (Fsp3) is 0.333. The van der Waals surface area contributed by atoms with E-state index in [2.05, 4.69) is 25.2 Å². The van der Waals surface area contributed by atoms with Crippen LogP contribution in [0.3, 0.4) is 0 Å². The lowest BCUT2D eigenvalue weighted by Gasteiger charge is -2.17. The molecule has 1 fully saturated rings. The molecule has 0 aromatic carbocycles. The summed E-state index contributed by atoms with van der Waals surface area (Å²) in [7, 11) is 1.99. The Kier molecular flexibility index (Phi) is 4.09. The molecule has 2 N–H and O–H groups in total. The zero-order valence-electron chi connectivity index (χ0n) is 16.7. The van der Waals surface area contributed by atoms with Gasteiger partial charge in [-0.05, 0) is 39.4 Å². The maximum atomic E-state index is 12.9. The minimum absolute atomic E-state index is 0.0639. The van der Waals surface area contributed by atoms with Gasteiger partial charge in [0.05, 0.1) is 17.3 Å². The van der Waals surface area contributed by atoms with Gasteiger partial charge in [-0.25, -0.2) is 15.0 Å². The molecule has 4 aromatic rings. The van der Waals surface area contributed by atoms with Crippen LogP contribution in [0.15, 0.2) is 35.5 Å². The van der Waals surface area contributed by atoms with Gasteiger partial charge >= 0.3 is 0 Å². The average Bonchev–Trinajstić information content (AvgIpc) is 3.36. The molecular weight excluding hydrogens is 366 g/mol. The minimum atomic E-state index is -0.0639. The molecule has 5 rings (SSSR count). The van der Waals surface area contributed by atoms with E-state index in [9.17, 15) is 4.79 Å². The summed E-state index contributed by atoms with van der Waals surface area (Å²) in [5.41, 5.74) is 4.33. The number of imidazole rings is 1. The summed E-state index contributed by atoms with van der Waals surface area (Å²) >= 11 is 0. The number of nitrogens with zero attached hydrogens (tertiary/aromatic N) is 5. The first-order chi connectivity index (χ1) is 14.0. The van der Waals surface area contributed by atoms with Crippen molar-refractivity contribution < 1.29 is 0 Å². The SMILES string of the molecule is CN[C@@H]1CCN(c2ccc3nc(-c4cn5cc(C)[nH]c5c(C)c4=O)ncc3n2)C1. The number of hydrogen-bond acceptors (Lipinski definition) is 6. The lowest BCUT2D eigenvalue weighted by atomic mass is 10.2. The van der Waals surface area contributed by atoms with Crippen molar-refractivity contribution in [2.75, 3.05) is 25.0 Å². The van der Waals surface area contributed by atoms with Gasteiger partial charge in [0.15, 0.2) is 11.3 Å². The van der Waals surface area contributed by atoms with Crippen LogP contribution in [0.5, 0.6) is 0 Å². The van der Waals surface area contributed by atoms with Crippen LogP contribution in [-0.4, -0.2) is 50.5 Å². The Hall–Kier alpha value is -3.26. The van der Waals surface area contributed by atoms with Crippen LogP contribution in [0.4, 0.5) is 5.82 Å². The van der Waals surface area contributed by atoms with Crippen molar-refractivity contribution in [1.29, 1.82) is 0 Å². The van der Waals surface area contributed by atoms with Gasteiger partial charge in [-0.2, -0.15) is 0 Å². The molecule has 0 bridgehead atoms. The number of likely N-dealkylation sites (N-methyl/N-ethyl adjacent to an activating group) is 1. The summed E-state index contributed by atoms with van der Waals surface area (Å²) in [6.07, 6.45) is 6.56. The lowest BCUT2D eigenvalue weighted by molar-refractivity contribution is 0.616. The molecule has 148 valence electrons. The highest BCUT2D eigenvalue weighted by atomic mass is 16.1. The van der Waals surface area contributed by atoms with Crippen LogP contribution in [0.25, 0.3) is 28.1 Å². The van der Waals surface area contributed by atoms with E-state index in [1.54, 1.807) is 12.4 Å². The van der Waals surface area contributed by atoms with E-state index in [4.69, 9.17) is 4.98 Å².